The first-order valence-electron chi connectivity index (χ1n) is 7.46. The molecular weight excluding hydrogens is 274 g/mol. The number of hydrogen-bond acceptors (Lipinski definition) is 1. The van der Waals surface area contributed by atoms with Gasteiger partial charge >= 0.3 is 0 Å². The van der Waals surface area contributed by atoms with Crippen LogP contribution in [0.3, 0.4) is 0 Å². The smallest absolute Gasteiger partial charge is 0.0100 e. The van der Waals surface area contributed by atoms with Crippen molar-refractivity contribution in [2.24, 2.45) is 5.41 Å². The second-order valence-corrected chi connectivity index (χ2v) is 5.97. The zero-order chi connectivity index (χ0) is 13.1. The second kappa shape index (κ2) is 10.4. The van der Waals surface area contributed by atoms with E-state index in [0.29, 0.717) is 5.41 Å². The Kier molecular flexibility index (Phi) is 10.6. The van der Waals surface area contributed by atoms with Gasteiger partial charge in [0.25, 0.3) is 0 Å². The van der Waals surface area contributed by atoms with Crippen LogP contribution in [-0.4, -0.2) is 29.9 Å². The van der Waals surface area contributed by atoms with E-state index >= 15 is 0 Å². The lowest BCUT2D eigenvalue weighted by Gasteiger charge is -2.37. The van der Waals surface area contributed by atoms with Gasteiger partial charge in [0, 0.05) is 11.9 Å². The molecule has 2 heteroatoms. The maximum Gasteiger partial charge on any atom is 0.0100 e. The van der Waals surface area contributed by atoms with Crippen LogP contribution in [-0.2, 0) is 0 Å². The molecule has 0 heterocycles. The summed E-state index contributed by atoms with van der Waals surface area (Å²) in [6.07, 6.45) is 7.87. The molecule has 0 bridgehead atoms. The summed E-state index contributed by atoms with van der Waals surface area (Å²) in [5, 5.41) is 1.16. The third-order valence-corrected chi connectivity index (χ3v) is 4.67. The molecule has 0 saturated carbocycles. The quantitative estimate of drug-likeness (QED) is 0.481. The maximum atomic E-state index is 3.78. The Hall–Kier alpha value is 0.440. The van der Waals surface area contributed by atoms with E-state index < -0.39 is 0 Å². The van der Waals surface area contributed by atoms with Crippen LogP contribution >= 0.6 is 15.9 Å². The normalized spacial score (nSPS) is 12.4. The molecule has 0 amide bonds. The predicted octanol–water partition coefficient (Wildman–Crippen LogP) is 5.09. The molecule has 0 atom stereocenters. The molecule has 0 spiro atoms. The Morgan fingerprint density at radius 3 is 1.59 bits per heavy atom. The second-order valence-electron chi connectivity index (χ2n) is 5.41. The standard InChI is InChI=1S/C15H32BrN/c1-5-9-15(13-16,10-6-2)14-17(11-7-3)12-8-4/h5-14H2,1-4H3. The summed E-state index contributed by atoms with van der Waals surface area (Å²) in [6.45, 7) is 13.0. The monoisotopic (exact) mass is 305 g/mol. The first-order chi connectivity index (χ1) is 8.17. The Morgan fingerprint density at radius 1 is 0.824 bits per heavy atom. The summed E-state index contributed by atoms with van der Waals surface area (Å²) in [5.74, 6) is 0. The number of hydrogen-bond donors (Lipinski definition) is 0. The molecule has 0 saturated heterocycles. The van der Waals surface area contributed by atoms with Crippen molar-refractivity contribution in [2.75, 3.05) is 25.0 Å². The van der Waals surface area contributed by atoms with Crippen LogP contribution in [0.5, 0.6) is 0 Å². The largest absolute Gasteiger partial charge is 0.303 e. The highest BCUT2D eigenvalue weighted by atomic mass is 79.9. The Morgan fingerprint density at radius 2 is 1.29 bits per heavy atom. The molecule has 0 aliphatic heterocycles. The van der Waals surface area contributed by atoms with Crippen molar-refractivity contribution in [3.8, 4) is 0 Å². The lowest BCUT2D eigenvalue weighted by atomic mass is 9.80. The van der Waals surface area contributed by atoms with Crippen LogP contribution in [0.2, 0.25) is 0 Å². The van der Waals surface area contributed by atoms with Crippen LogP contribution in [0.25, 0.3) is 0 Å². The Bertz CT molecular complexity index is 158. The van der Waals surface area contributed by atoms with E-state index in [4.69, 9.17) is 0 Å². The van der Waals surface area contributed by atoms with Crippen LogP contribution in [0.15, 0.2) is 0 Å². The lowest BCUT2D eigenvalue weighted by Crippen LogP contribution is -2.40. The molecule has 1 nitrogen and oxygen atoms in total. The van der Waals surface area contributed by atoms with Gasteiger partial charge in [-0.25, -0.2) is 0 Å². The van der Waals surface area contributed by atoms with Gasteiger partial charge in [0.15, 0.2) is 0 Å². The maximum absolute atomic E-state index is 3.78. The van der Waals surface area contributed by atoms with E-state index in [1.807, 2.05) is 0 Å². The molecule has 0 unspecified atom stereocenters. The highest BCUT2D eigenvalue weighted by Gasteiger charge is 2.29. The Labute approximate surface area is 117 Å². The third-order valence-electron chi connectivity index (χ3n) is 3.48. The van der Waals surface area contributed by atoms with E-state index in [2.05, 4.69) is 48.5 Å². The van der Waals surface area contributed by atoms with Gasteiger partial charge in [0.1, 0.15) is 0 Å². The van der Waals surface area contributed by atoms with Crippen molar-refractivity contribution in [1.29, 1.82) is 0 Å². The summed E-state index contributed by atoms with van der Waals surface area (Å²) < 4.78 is 0. The summed E-state index contributed by atoms with van der Waals surface area (Å²) in [7, 11) is 0. The zero-order valence-electron chi connectivity index (χ0n) is 12.4. The van der Waals surface area contributed by atoms with E-state index in [1.54, 1.807) is 0 Å². The molecule has 104 valence electrons. The van der Waals surface area contributed by atoms with E-state index in [-0.39, 0.29) is 0 Å². The van der Waals surface area contributed by atoms with Gasteiger partial charge < -0.3 is 4.90 Å². The van der Waals surface area contributed by atoms with Gasteiger partial charge in [-0.05, 0) is 44.2 Å². The van der Waals surface area contributed by atoms with Gasteiger partial charge in [0.2, 0.25) is 0 Å². The predicted molar refractivity (Wildman–Crippen MR) is 83.1 cm³/mol. The summed E-state index contributed by atoms with van der Waals surface area (Å²) >= 11 is 3.78. The molecule has 0 aliphatic rings. The third kappa shape index (κ3) is 6.81. The van der Waals surface area contributed by atoms with Crippen molar-refractivity contribution in [1.82, 2.24) is 4.90 Å². The molecule has 0 N–H and O–H groups in total. The molecule has 0 rings (SSSR count). The summed E-state index contributed by atoms with van der Waals surface area (Å²) in [6, 6.07) is 0. The fourth-order valence-corrected chi connectivity index (χ4v) is 3.63. The fourth-order valence-electron chi connectivity index (χ4n) is 2.90. The Balaban J connectivity index is 4.53. The molecule has 0 fully saturated rings. The van der Waals surface area contributed by atoms with Crippen molar-refractivity contribution in [2.45, 2.75) is 66.2 Å². The zero-order valence-corrected chi connectivity index (χ0v) is 14.0. The van der Waals surface area contributed by atoms with E-state index in [1.165, 1.54) is 58.2 Å². The number of rotatable bonds is 11. The minimum Gasteiger partial charge on any atom is -0.303 e. The van der Waals surface area contributed by atoms with E-state index in [0.717, 1.165) is 5.33 Å². The highest BCUT2D eigenvalue weighted by Crippen LogP contribution is 2.33. The van der Waals surface area contributed by atoms with Crippen LogP contribution in [0, 0.1) is 5.41 Å². The van der Waals surface area contributed by atoms with Gasteiger partial charge in [-0.3, -0.25) is 0 Å². The van der Waals surface area contributed by atoms with Crippen molar-refractivity contribution < 1.29 is 0 Å². The van der Waals surface area contributed by atoms with Crippen molar-refractivity contribution in [3.63, 3.8) is 0 Å². The van der Waals surface area contributed by atoms with E-state index in [9.17, 15) is 0 Å². The molecule has 0 radical (unpaired) electrons. The average Bonchev–Trinajstić information content (AvgIpc) is 2.30. The van der Waals surface area contributed by atoms with Crippen molar-refractivity contribution in [3.05, 3.63) is 0 Å². The lowest BCUT2D eigenvalue weighted by molar-refractivity contribution is 0.147. The average molecular weight is 306 g/mol. The first kappa shape index (κ1) is 17.4. The number of halogens is 1. The van der Waals surface area contributed by atoms with Gasteiger partial charge in [0.05, 0.1) is 0 Å². The summed E-state index contributed by atoms with van der Waals surface area (Å²) in [4.78, 5) is 2.67. The molecule has 17 heavy (non-hydrogen) atoms. The molecular formula is C15H32BrN. The number of alkyl halides is 1. The van der Waals surface area contributed by atoms with Gasteiger partial charge in [-0.15, -0.1) is 0 Å². The van der Waals surface area contributed by atoms with Crippen molar-refractivity contribution >= 4 is 15.9 Å². The number of nitrogens with zero attached hydrogens (tertiary/aromatic N) is 1. The fraction of sp³-hybridized carbons (Fsp3) is 1.00. The van der Waals surface area contributed by atoms with Crippen LogP contribution in [0.4, 0.5) is 0 Å². The molecule has 0 aromatic rings. The van der Waals surface area contributed by atoms with Gasteiger partial charge in [-0.1, -0.05) is 56.5 Å². The highest BCUT2D eigenvalue weighted by molar-refractivity contribution is 9.09. The molecule has 0 aliphatic carbocycles. The molecule has 0 aromatic carbocycles. The minimum atomic E-state index is 0.508. The summed E-state index contributed by atoms with van der Waals surface area (Å²) in [5.41, 5.74) is 0.508. The van der Waals surface area contributed by atoms with Gasteiger partial charge in [-0.2, -0.15) is 0 Å². The topological polar surface area (TPSA) is 3.24 Å². The van der Waals surface area contributed by atoms with Crippen LogP contribution < -0.4 is 0 Å². The SMILES string of the molecule is CCCN(CCC)CC(CBr)(CCC)CCC. The first-order valence-corrected chi connectivity index (χ1v) is 8.58. The minimum absolute atomic E-state index is 0.508. The van der Waals surface area contributed by atoms with Crippen LogP contribution in [0.1, 0.15) is 66.2 Å². The molecule has 0 aromatic heterocycles.